The van der Waals surface area contributed by atoms with Gasteiger partial charge in [-0.3, -0.25) is 9.59 Å². The van der Waals surface area contributed by atoms with Crippen molar-refractivity contribution >= 4 is 41.6 Å². The van der Waals surface area contributed by atoms with Crippen LogP contribution in [0.1, 0.15) is 37.6 Å². The molecule has 0 saturated carbocycles. The van der Waals surface area contributed by atoms with Crippen molar-refractivity contribution in [1.29, 1.82) is 0 Å². The van der Waals surface area contributed by atoms with Crippen molar-refractivity contribution in [3.8, 4) is 0 Å². The number of anilines is 1. The molecule has 4 amide bonds. The van der Waals surface area contributed by atoms with Crippen molar-refractivity contribution in [3.63, 3.8) is 0 Å². The Morgan fingerprint density at radius 3 is 2.55 bits per heavy atom. The third-order valence-corrected chi connectivity index (χ3v) is 5.24. The van der Waals surface area contributed by atoms with E-state index in [-0.39, 0.29) is 23.7 Å². The Bertz CT molecular complexity index is 1090. The summed E-state index contributed by atoms with van der Waals surface area (Å²) in [5, 5.41) is 2.60. The SMILES string of the molecule is CCOC(=O)c1ccccc1NC(=O)CN1C(=O)C2C(OCC)=C(CC)C=NC2=[N+](C)C1=O. The summed E-state index contributed by atoms with van der Waals surface area (Å²) in [5.74, 6) is -2.03. The van der Waals surface area contributed by atoms with Crippen LogP contribution in [0.4, 0.5) is 10.5 Å². The van der Waals surface area contributed by atoms with Gasteiger partial charge in [0.15, 0.2) is 12.5 Å². The number of amidine groups is 1. The van der Waals surface area contributed by atoms with Gasteiger partial charge in [0, 0.05) is 5.57 Å². The number of dihydropyridines is 1. The molecule has 1 atom stereocenters. The van der Waals surface area contributed by atoms with E-state index in [1.165, 1.54) is 17.7 Å². The first-order valence-electron chi connectivity index (χ1n) is 10.8. The van der Waals surface area contributed by atoms with Crippen LogP contribution in [0.3, 0.4) is 0 Å². The number of hydrogen-bond acceptors (Lipinski definition) is 7. The average Bonchev–Trinajstić information content (AvgIpc) is 2.80. The number of carbonyl (C=O) groups excluding carboxylic acids is 4. The number of hydrogen-bond donors (Lipinski definition) is 1. The highest BCUT2D eigenvalue weighted by Crippen LogP contribution is 2.29. The molecule has 174 valence electrons. The third-order valence-electron chi connectivity index (χ3n) is 5.24. The van der Waals surface area contributed by atoms with Gasteiger partial charge in [-0.1, -0.05) is 19.1 Å². The molecule has 0 radical (unpaired) electrons. The van der Waals surface area contributed by atoms with Gasteiger partial charge in [-0.2, -0.15) is 9.48 Å². The van der Waals surface area contributed by atoms with Gasteiger partial charge < -0.3 is 14.8 Å². The van der Waals surface area contributed by atoms with Crippen LogP contribution in [0.15, 0.2) is 40.6 Å². The van der Waals surface area contributed by atoms with Crippen molar-refractivity contribution in [2.75, 3.05) is 32.1 Å². The van der Waals surface area contributed by atoms with Crippen LogP contribution in [0.25, 0.3) is 0 Å². The minimum atomic E-state index is -0.910. The number of nitrogens with zero attached hydrogens (tertiary/aromatic N) is 3. The standard InChI is InChI=1S/C23H26N4O6/c1-5-14-12-24-20-18(19(14)32-6-2)21(29)27(23(31)26(20)4)13-17(28)25-16-11-9-8-10-15(16)22(30)33-7-3/h8-12,18H,5-7,13H2,1-4H3/p+1. The fourth-order valence-corrected chi connectivity index (χ4v) is 3.67. The zero-order valence-electron chi connectivity index (χ0n) is 19.1. The number of aliphatic imine (C=N–C) groups is 1. The first-order chi connectivity index (χ1) is 15.8. The molecule has 0 spiro atoms. The van der Waals surface area contributed by atoms with Crippen molar-refractivity contribution < 1.29 is 33.2 Å². The number of carbonyl (C=O) groups is 4. The van der Waals surface area contributed by atoms with E-state index in [4.69, 9.17) is 9.47 Å². The van der Waals surface area contributed by atoms with Gasteiger partial charge in [-0.05, 0) is 32.4 Å². The highest BCUT2D eigenvalue weighted by molar-refractivity contribution is 6.17. The Labute approximate surface area is 191 Å². The predicted octanol–water partition coefficient (Wildman–Crippen LogP) is 2.21. The maximum atomic E-state index is 13.3. The lowest BCUT2D eigenvalue weighted by molar-refractivity contribution is -0.408. The maximum Gasteiger partial charge on any atom is 0.446 e. The summed E-state index contributed by atoms with van der Waals surface area (Å²) < 4.78 is 12.0. The van der Waals surface area contributed by atoms with Crippen molar-refractivity contribution in [2.24, 2.45) is 10.9 Å². The van der Waals surface area contributed by atoms with Crippen LogP contribution in [-0.4, -0.2) is 72.1 Å². The van der Waals surface area contributed by atoms with Gasteiger partial charge in [-0.15, -0.1) is 4.99 Å². The van der Waals surface area contributed by atoms with E-state index in [9.17, 15) is 19.2 Å². The minimum absolute atomic E-state index is 0.174. The Morgan fingerprint density at radius 2 is 1.88 bits per heavy atom. The Hall–Kier alpha value is -3.82. The van der Waals surface area contributed by atoms with Gasteiger partial charge in [0.1, 0.15) is 12.0 Å². The number of ether oxygens (including phenoxy) is 2. The zero-order valence-corrected chi connectivity index (χ0v) is 19.1. The van der Waals surface area contributed by atoms with Crippen molar-refractivity contribution in [2.45, 2.75) is 27.2 Å². The Morgan fingerprint density at radius 1 is 1.15 bits per heavy atom. The van der Waals surface area contributed by atoms with E-state index in [0.29, 0.717) is 18.8 Å². The van der Waals surface area contributed by atoms with Crippen LogP contribution in [0, 0.1) is 5.92 Å². The molecule has 10 nitrogen and oxygen atoms in total. The molecule has 2 heterocycles. The van der Waals surface area contributed by atoms with E-state index in [1.807, 2.05) is 6.92 Å². The molecule has 1 N–H and O–H groups in total. The lowest BCUT2D eigenvalue weighted by atomic mass is 9.94. The highest BCUT2D eigenvalue weighted by atomic mass is 16.5. The average molecular weight is 455 g/mol. The fraction of sp³-hybridized carbons (Fsp3) is 0.391. The van der Waals surface area contributed by atoms with Crippen molar-refractivity contribution in [3.05, 3.63) is 41.2 Å². The lowest BCUT2D eigenvalue weighted by Crippen LogP contribution is -2.56. The largest absolute Gasteiger partial charge is 0.496 e. The number of imide groups is 1. The summed E-state index contributed by atoms with van der Waals surface area (Å²) in [6.45, 7) is 5.39. The number of allylic oxidation sites excluding steroid dienone is 1. The van der Waals surface area contributed by atoms with Crippen LogP contribution in [0.5, 0.6) is 0 Å². The van der Waals surface area contributed by atoms with E-state index < -0.39 is 36.3 Å². The highest BCUT2D eigenvalue weighted by Gasteiger charge is 2.51. The molecule has 33 heavy (non-hydrogen) atoms. The number of benzene rings is 1. The van der Waals surface area contributed by atoms with Gasteiger partial charge in [0.25, 0.3) is 11.7 Å². The lowest BCUT2D eigenvalue weighted by Gasteiger charge is -2.29. The van der Waals surface area contributed by atoms with Crippen LogP contribution in [-0.2, 0) is 19.1 Å². The Kier molecular flexibility index (Phi) is 7.37. The van der Waals surface area contributed by atoms with Gasteiger partial charge in [0.2, 0.25) is 0 Å². The molecule has 0 aliphatic carbocycles. The molecule has 1 aromatic carbocycles. The number of rotatable bonds is 8. The Balaban J connectivity index is 1.86. The summed E-state index contributed by atoms with van der Waals surface area (Å²) in [4.78, 5) is 56.3. The molecule has 0 fully saturated rings. The molecule has 1 unspecified atom stereocenters. The smallest absolute Gasteiger partial charge is 0.446 e. The second kappa shape index (κ2) is 10.2. The summed E-state index contributed by atoms with van der Waals surface area (Å²) >= 11 is 0. The van der Waals surface area contributed by atoms with E-state index >= 15 is 0 Å². The van der Waals surface area contributed by atoms with E-state index in [2.05, 4.69) is 10.3 Å². The second-order valence-corrected chi connectivity index (χ2v) is 7.31. The van der Waals surface area contributed by atoms with E-state index in [1.54, 1.807) is 38.3 Å². The minimum Gasteiger partial charge on any atom is -0.496 e. The number of amides is 4. The first kappa shape index (κ1) is 23.8. The third kappa shape index (κ3) is 4.69. The summed E-state index contributed by atoms with van der Waals surface area (Å²) in [7, 11) is 1.50. The summed E-state index contributed by atoms with van der Waals surface area (Å²) in [6, 6.07) is 5.68. The molecule has 1 aromatic rings. The molecule has 0 bridgehead atoms. The maximum absolute atomic E-state index is 13.3. The second-order valence-electron chi connectivity index (χ2n) is 7.31. The molecular weight excluding hydrogens is 428 g/mol. The van der Waals surface area contributed by atoms with Gasteiger partial charge in [0.05, 0.1) is 31.5 Å². The number of fused-ring (bicyclic) bond motifs is 1. The number of esters is 1. The van der Waals surface area contributed by atoms with Gasteiger partial charge >= 0.3 is 17.9 Å². The molecule has 0 aromatic heterocycles. The predicted molar refractivity (Wildman–Crippen MR) is 120 cm³/mol. The molecule has 10 heteroatoms. The summed E-state index contributed by atoms with van der Waals surface area (Å²) in [6.07, 6.45) is 2.20. The summed E-state index contributed by atoms with van der Waals surface area (Å²) in [5.41, 5.74) is 1.16. The zero-order chi connectivity index (χ0) is 24.1. The molecule has 3 rings (SSSR count). The van der Waals surface area contributed by atoms with Gasteiger partial charge in [-0.25, -0.2) is 9.59 Å². The molecule has 0 saturated heterocycles. The fourth-order valence-electron chi connectivity index (χ4n) is 3.67. The number of nitrogens with one attached hydrogen (secondary N) is 1. The van der Waals surface area contributed by atoms with Crippen LogP contribution < -0.4 is 5.32 Å². The number of para-hydroxylation sites is 1. The van der Waals surface area contributed by atoms with E-state index in [0.717, 1.165) is 10.5 Å². The topological polar surface area (TPSA) is 117 Å². The molecule has 2 aliphatic rings. The van der Waals surface area contributed by atoms with Crippen LogP contribution in [0.2, 0.25) is 0 Å². The number of urea groups is 1. The molecular formula is C23H27N4O6+. The van der Waals surface area contributed by atoms with Crippen LogP contribution >= 0.6 is 0 Å². The quantitative estimate of drug-likeness (QED) is 0.474. The monoisotopic (exact) mass is 455 g/mol. The first-order valence-corrected chi connectivity index (χ1v) is 10.8. The molecule has 2 aliphatic heterocycles. The normalized spacial score (nSPS) is 17.8. The van der Waals surface area contributed by atoms with Crippen molar-refractivity contribution in [1.82, 2.24) is 4.90 Å².